The third-order valence-electron chi connectivity index (χ3n) is 2.92. The summed E-state index contributed by atoms with van der Waals surface area (Å²) in [5.41, 5.74) is 0.125. The zero-order valence-corrected chi connectivity index (χ0v) is 10.7. The molecule has 1 fully saturated rings. The lowest BCUT2D eigenvalue weighted by Crippen LogP contribution is -2.15. The minimum absolute atomic E-state index is 0.125. The molecule has 1 aromatic rings. The van der Waals surface area contributed by atoms with Crippen LogP contribution < -0.4 is 5.32 Å². The Bertz CT molecular complexity index is 433. The summed E-state index contributed by atoms with van der Waals surface area (Å²) in [5, 5.41) is 2.92. The molecule has 3 nitrogen and oxygen atoms in total. The second kappa shape index (κ2) is 6.16. The topological polar surface area (TPSA) is 38.3 Å². The van der Waals surface area contributed by atoms with Crippen LogP contribution in [-0.2, 0) is 9.53 Å². The first-order valence-corrected chi connectivity index (χ1v) is 6.39. The van der Waals surface area contributed by atoms with E-state index in [1.807, 2.05) is 0 Å². The molecule has 0 radical (unpaired) electrons. The van der Waals surface area contributed by atoms with E-state index in [-0.39, 0.29) is 17.7 Å². The normalized spacial score (nSPS) is 18.9. The second-order valence-corrected chi connectivity index (χ2v) is 4.78. The van der Waals surface area contributed by atoms with Crippen LogP contribution in [0.3, 0.4) is 0 Å². The van der Waals surface area contributed by atoms with E-state index in [1.165, 1.54) is 18.2 Å². The number of anilines is 1. The largest absolute Gasteiger partial charge is 0.378 e. The summed E-state index contributed by atoms with van der Waals surface area (Å²) in [6.07, 6.45) is 3.22. The van der Waals surface area contributed by atoms with Gasteiger partial charge in [-0.25, -0.2) is 4.39 Å². The van der Waals surface area contributed by atoms with E-state index in [0.29, 0.717) is 17.9 Å². The fourth-order valence-corrected chi connectivity index (χ4v) is 2.14. The predicted octanol–water partition coefficient (Wildman–Crippen LogP) is 3.38. The Kier molecular flexibility index (Phi) is 4.55. The van der Waals surface area contributed by atoms with Gasteiger partial charge in [0.2, 0.25) is 5.91 Å². The Balaban J connectivity index is 1.84. The van der Waals surface area contributed by atoms with Gasteiger partial charge in [-0.3, -0.25) is 4.79 Å². The minimum Gasteiger partial charge on any atom is -0.378 e. The summed E-state index contributed by atoms with van der Waals surface area (Å²) in [6.45, 7) is 0.773. The number of carbonyl (C=O) groups is 1. The molecule has 1 amide bonds. The number of hydrogen-bond donors (Lipinski definition) is 1. The lowest BCUT2D eigenvalue weighted by Gasteiger charge is -2.10. The van der Waals surface area contributed by atoms with Crippen molar-refractivity contribution < 1.29 is 13.9 Å². The Morgan fingerprint density at radius 1 is 1.56 bits per heavy atom. The molecule has 1 aromatic carbocycles. The summed E-state index contributed by atoms with van der Waals surface area (Å²) >= 11 is 5.74. The van der Waals surface area contributed by atoms with Gasteiger partial charge in [0, 0.05) is 18.1 Å². The van der Waals surface area contributed by atoms with Crippen LogP contribution >= 0.6 is 11.6 Å². The summed E-state index contributed by atoms with van der Waals surface area (Å²) in [4.78, 5) is 11.7. The highest BCUT2D eigenvalue weighted by molar-refractivity contribution is 6.30. The van der Waals surface area contributed by atoms with Gasteiger partial charge in [-0.1, -0.05) is 11.6 Å². The third kappa shape index (κ3) is 3.68. The molecule has 5 heteroatoms. The van der Waals surface area contributed by atoms with Crippen LogP contribution in [0, 0.1) is 5.82 Å². The molecule has 2 rings (SSSR count). The van der Waals surface area contributed by atoms with Gasteiger partial charge in [0.15, 0.2) is 0 Å². The number of nitrogens with one attached hydrogen (secondary N) is 1. The van der Waals surface area contributed by atoms with Gasteiger partial charge in [-0.2, -0.15) is 0 Å². The van der Waals surface area contributed by atoms with Crippen LogP contribution in [0.15, 0.2) is 18.2 Å². The first-order valence-electron chi connectivity index (χ1n) is 6.01. The molecular weight excluding hydrogens is 257 g/mol. The van der Waals surface area contributed by atoms with Crippen LogP contribution in [0.25, 0.3) is 0 Å². The molecule has 1 saturated heterocycles. The smallest absolute Gasteiger partial charge is 0.224 e. The molecule has 0 saturated carbocycles. The first-order chi connectivity index (χ1) is 8.65. The number of carbonyl (C=O) groups excluding carboxylic acids is 1. The summed E-state index contributed by atoms with van der Waals surface area (Å²) in [6, 6.07) is 4.08. The lowest BCUT2D eigenvalue weighted by atomic mass is 10.1. The molecule has 1 aliphatic rings. The van der Waals surface area contributed by atoms with Crippen molar-refractivity contribution in [1.29, 1.82) is 0 Å². The third-order valence-corrected chi connectivity index (χ3v) is 3.15. The molecule has 1 aliphatic heterocycles. The standard InChI is InChI=1S/C13H15ClFNO2/c14-9-3-5-11(15)12(8-9)16-13(17)6-4-10-2-1-7-18-10/h3,5,8,10H,1-2,4,6-7H2,(H,16,17)/t10-/m1/s1. The number of rotatable bonds is 4. The van der Waals surface area contributed by atoms with Crippen molar-refractivity contribution in [2.24, 2.45) is 0 Å². The van der Waals surface area contributed by atoms with Gasteiger partial charge in [0.05, 0.1) is 11.8 Å². The zero-order chi connectivity index (χ0) is 13.0. The van der Waals surface area contributed by atoms with Crippen molar-refractivity contribution in [3.63, 3.8) is 0 Å². The monoisotopic (exact) mass is 271 g/mol. The van der Waals surface area contributed by atoms with Crippen LogP contribution in [0.5, 0.6) is 0 Å². The fourth-order valence-electron chi connectivity index (χ4n) is 1.97. The average molecular weight is 272 g/mol. The Hall–Kier alpha value is -1.13. The molecule has 1 heterocycles. The minimum atomic E-state index is -0.482. The second-order valence-electron chi connectivity index (χ2n) is 4.35. The van der Waals surface area contributed by atoms with E-state index in [4.69, 9.17) is 16.3 Å². The molecule has 0 aromatic heterocycles. The van der Waals surface area contributed by atoms with Crippen molar-refractivity contribution in [3.05, 3.63) is 29.0 Å². The van der Waals surface area contributed by atoms with Gasteiger partial charge in [0.25, 0.3) is 0 Å². The predicted molar refractivity (Wildman–Crippen MR) is 68.2 cm³/mol. The fraction of sp³-hybridized carbons (Fsp3) is 0.462. The van der Waals surface area contributed by atoms with Crippen molar-refractivity contribution >= 4 is 23.2 Å². The van der Waals surface area contributed by atoms with Crippen molar-refractivity contribution in [3.8, 4) is 0 Å². The van der Waals surface area contributed by atoms with E-state index in [1.54, 1.807) is 0 Å². The highest BCUT2D eigenvalue weighted by atomic mass is 35.5. The Labute approximate surface area is 110 Å². The molecule has 0 spiro atoms. The number of hydrogen-bond acceptors (Lipinski definition) is 2. The van der Waals surface area contributed by atoms with Crippen molar-refractivity contribution in [1.82, 2.24) is 0 Å². The molecular formula is C13H15ClFNO2. The van der Waals surface area contributed by atoms with E-state index in [9.17, 15) is 9.18 Å². The average Bonchev–Trinajstić information content (AvgIpc) is 2.84. The van der Waals surface area contributed by atoms with Gasteiger partial charge in [-0.15, -0.1) is 0 Å². The molecule has 1 N–H and O–H groups in total. The maximum atomic E-state index is 13.4. The molecule has 0 unspecified atom stereocenters. The number of benzene rings is 1. The maximum absolute atomic E-state index is 13.4. The van der Waals surface area contributed by atoms with Gasteiger partial charge in [0.1, 0.15) is 5.82 Å². The summed E-state index contributed by atoms with van der Waals surface area (Å²) in [5.74, 6) is -0.698. The first kappa shape index (κ1) is 13.3. The number of halogens is 2. The van der Waals surface area contributed by atoms with Gasteiger partial charge < -0.3 is 10.1 Å². The molecule has 0 bridgehead atoms. The molecule has 0 aliphatic carbocycles. The van der Waals surface area contributed by atoms with E-state index >= 15 is 0 Å². The highest BCUT2D eigenvalue weighted by Gasteiger charge is 2.17. The van der Waals surface area contributed by atoms with Crippen molar-refractivity contribution in [2.75, 3.05) is 11.9 Å². The van der Waals surface area contributed by atoms with Gasteiger partial charge in [-0.05, 0) is 37.5 Å². The van der Waals surface area contributed by atoms with Crippen LogP contribution in [0.1, 0.15) is 25.7 Å². The maximum Gasteiger partial charge on any atom is 0.224 e. The molecule has 98 valence electrons. The van der Waals surface area contributed by atoms with E-state index < -0.39 is 5.82 Å². The van der Waals surface area contributed by atoms with Gasteiger partial charge >= 0.3 is 0 Å². The number of ether oxygens (including phenoxy) is 1. The molecule has 1 atom stereocenters. The quantitative estimate of drug-likeness (QED) is 0.912. The highest BCUT2D eigenvalue weighted by Crippen LogP contribution is 2.21. The van der Waals surface area contributed by atoms with Crippen molar-refractivity contribution in [2.45, 2.75) is 31.8 Å². The summed E-state index contributed by atoms with van der Waals surface area (Å²) < 4.78 is 18.8. The van der Waals surface area contributed by atoms with E-state index in [2.05, 4.69) is 5.32 Å². The Morgan fingerprint density at radius 3 is 3.11 bits per heavy atom. The molecule has 18 heavy (non-hydrogen) atoms. The Morgan fingerprint density at radius 2 is 2.39 bits per heavy atom. The van der Waals surface area contributed by atoms with Crippen LogP contribution in [0.2, 0.25) is 5.02 Å². The van der Waals surface area contributed by atoms with Crippen LogP contribution in [0.4, 0.5) is 10.1 Å². The number of amides is 1. The van der Waals surface area contributed by atoms with Crippen LogP contribution in [-0.4, -0.2) is 18.6 Å². The zero-order valence-electron chi connectivity index (χ0n) is 9.92. The summed E-state index contributed by atoms with van der Waals surface area (Å²) in [7, 11) is 0. The lowest BCUT2D eigenvalue weighted by molar-refractivity contribution is -0.116. The van der Waals surface area contributed by atoms with E-state index in [0.717, 1.165) is 19.4 Å². The SMILES string of the molecule is O=C(CC[C@H]1CCCO1)Nc1cc(Cl)ccc1F.